The fourth-order valence-electron chi connectivity index (χ4n) is 2.03. The summed E-state index contributed by atoms with van der Waals surface area (Å²) in [5, 5.41) is 2.74. The van der Waals surface area contributed by atoms with Crippen LogP contribution in [0.3, 0.4) is 0 Å². The summed E-state index contributed by atoms with van der Waals surface area (Å²) in [5.74, 6) is 5.61. The van der Waals surface area contributed by atoms with Gasteiger partial charge in [0.15, 0.2) is 5.16 Å². The van der Waals surface area contributed by atoms with Gasteiger partial charge in [0.25, 0.3) is 5.91 Å². The molecule has 5 nitrogen and oxygen atoms in total. The molecule has 0 spiro atoms. The van der Waals surface area contributed by atoms with Crippen molar-refractivity contribution in [3.05, 3.63) is 45.6 Å². The summed E-state index contributed by atoms with van der Waals surface area (Å²) in [6.45, 7) is 2.05. The van der Waals surface area contributed by atoms with Crippen LogP contribution < -0.4 is 11.3 Å². The Hall–Kier alpha value is -1.83. The molecule has 0 atom stereocenters. The Labute approximate surface area is 129 Å². The molecule has 3 rings (SSSR count). The highest BCUT2D eigenvalue weighted by Gasteiger charge is 2.13. The van der Waals surface area contributed by atoms with Gasteiger partial charge in [0.1, 0.15) is 0 Å². The molecule has 0 fully saturated rings. The van der Waals surface area contributed by atoms with Crippen molar-refractivity contribution in [2.24, 2.45) is 5.84 Å². The maximum absolute atomic E-state index is 11.6. The number of H-pyrrole nitrogens is 1. The number of nitrogens with two attached hydrogens (primary N) is 1. The largest absolute Gasteiger partial charge is 0.333 e. The van der Waals surface area contributed by atoms with E-state index in [4.69, 9.17) is 5.84 Å². The zero-order valence-corrected chi connectivity index (χ0v) is 13.0. The second-order valence-electron chi connectivity index (χ2n) is 4.60. The minimum atomic E-state index is -0.249. The number of hydrazine groups is 1. The molecule has 0 saturated heterocycles. The molecule has 3 aromatic rings. The number of carbonyl (C=O) groups is 1. The maximum Gasteiger partial charge on any atom is 0.275 e. The van der Waals surface area contributed by atoms with Gasteiger partial charge in [-0.05, 0) is 41.6 Å². The maximum atomic E-state index is 11.6. The van der Waals surface area contributed by atoms with Crippen molar-refractivity contribution >= 4 is 40.0 Å². The Morgan fingerprint density at radius 2 is 2.33 bits per heavy atom. The summed E-state index contributed by atoms with van der Waals surface area (Å²) in [6.07, 6.45) is 0. The van der Waals surface area contributed by atoms with Crippen LogP contribution >= 0.6 is 23.1 Å². The van der Waals surface area contributed by atoms with Gasteiger partial charge in [0.05, 0.1) is 15.9 Å². The molecule has 108 valence electrons. The average molecular weight is 318 g/mol. The van der Waals surface area contributed by atoms with Gasteiger partial charge < -0.3 is 4.98 Å². The number of aromatic nitrogens is 2. The van der Waals surface area contributed by atoms with Crippen LogP contribution in [0.15, 0.2) is 34.8 Å². The van der Waals surface area contributed by atoms with E-state index in [9.17, 15) is 4.79 Å². The highest BCUT2D eigenvalue weighted by Crippen LogP contribution is 2.27. The van der Waals surface area contributed by atoms with Gasteiger partial charge in [-0.2, -0.15) is 0 Å². The third-order valence-electron chi connectivity index (χ3n) is 3.06. The Kier molecular flexibility index (Phi) is 3.96. The summed E-state index contributed by atoms with van der Waals surface area (Å²) in [4.78, 5) is 20.1. The molecule has 2 aromatic heterocycles. The minimum Gasteiger partial charge on any atom is -0.333 e. The zero-order chi connectivity index (χ0) is 14.8. The number of nitrogens with one attached hydrogen (secondary N) is 2. The van der Waals surface area contributed by atoms with E-state index in [-0.39, 0.29) is 5.91 Å². The second-order valence-corrected chi connectivity index (χ2v) is 6.48. The molecule has 1 amide bonds. The number of nitrogens with zero attached hydrogens (tertiary/aromatic N) is 1. The number of hydrogen-bond donors (Lipinski definition) is 3. The molecule has 0 aliphatic heterocycles. The Balaban J connectivity index is 1.77. The van der Waals surface area contributed by atoms with E-state index in [1.54, 1.807) is 11.8 Å². The summed E-state index contributed by atoms with van der Waals surface area (Å²) < 4.78 is 0. The Morgan fingerprint density at radius 1 is 1.48 bits per heavy atom. The molecule has 0 aliphatic carbocycles. The molecular weight excluding hydrogens is 304 g/mol. The molecular formula is C14H14N4OS2. The van der Waals surface area contributed by atoms with Crippen molar-refractivity contribution in [3.63, 3.8) is 0 Å². The molecule has 0 saturated carbocycles. The average Bonchev–Trinajstić information content (AvgIpc) is 3.09. The molecule has 0 bridgehead atoms. The van der Waals surface area contributed by atoms with E-state index in [1.165, 1.54) is 16.9 Å². The Bertz CT molecular complexity index is 793. The smallest absolute Gasteiger partial charge is 0.275 e. The third kappa shape index (κ3) is 2.94. The van der Waals surface area contributed by atoms with Gasteiger partial charge in [0.2, 0.25) is 0 Å². The number of amides is 1. The standard InChI is InChI=1S/C14H14N4OS2/c1-8-2-3-10-11(6-8)17-14(16-10)21-7-9-4-5-20-12(9)13(19)18-15/h2-6H,7,15H2,1H3,(H,16,17)(H,18,19). The minimum absolute atomic E-state index is 0.249. The number of fused-ring (bicyclic) bond motifs is 1. The lowest BCUT2D eigenvalue weighted by atomic mass is 10.2. The SMILES string of the molecule is Cc1ccc2nc(SCc3ccsc3C(=O)NN)[nH]c2c1. The lowest BCUT2D eigenvalue weighted by Crippen LogP contribution is -2.29. The lowest BCUT2D eigenvalue weighted by molar-refractivity contribution is 0.0957. The first-order valence-electron chi connectivity index (χ1n) is 6.34. The highest BCUT2D eigenvalue weighted by molar-refractivity contribution is 7.98. The van der Waals surface area contributed by atoms with Crippen LogP contribution in [0.1, 0.15) is 20.8 Å². The van der Waals surface area contributed by atoms with Crippen LogP contribution in [0.25, 0.3) is 11.0 Å². The summed E-state index contributed by atoms with van der Waals surface area (Å²) >= 11 is 2.96. The number of benzene rings is 1. The molecule has 0 radical (unpaired) electrons. The lowest BCUT2D eigenvalue weighted by Gasteiger charge is -2.00. The fraction of sp³-hybridized carbons (Fsp3) is 0.143. The van der Waals surface area contributed by atoms with Crippen molar-refractivity contribution in [2.45, 2.75) is 17.8 Å². The molecule has 0 unspecified atom stereocenters. The van der Waals surface area contributed by atoms with Crippen LogP contribution in [0, 0.1) is 6.92 Å². The number of aromatic amines is 1. The van der Waals surface area contributed by atoms with E-state index in [1.807, 2.05) is 23.6 Å². The van der Waals surface area contributed by atoms with Crippen LogP contribution in [-0.2, 0) is 5.75 Å². The first-order chi connectivity index (χ1) is 10.2. The van der Waals surface area contributed by atoms with Crippen molar-refractivity contribution in [3.8, 4) is 0 Å². The van der Waals surface area contributed by atoms with Crippen LogP contribution in [-0.4, -0.2) is 15.9 Å². The Morgan fingerprint density at radius 3 is 3.14 bits per heavy atom. The van der Waals surface area contributed by atoms with Crippen molar-refractivity contribution in [1.82, 2.24) is 15.4 Å². The van der Waals surface area contributed by atoms with Crippen LogP contribution in [0.5, 0.6) is 0 Å². The van der Waals surface area contributed by atoms with Crippen LogP contribution in [0.2, 0.25) is 0 Å². The molecule has 2 heterocycles. The van der Waals surface area contributed by atoms with E-state index in [0.717, 1.165) is 21.8 Å². The quantitative estimate of drug-likeness (QED) is 0.299. The number of rotatable bonds is 4. The predicted octanol–water partition coefficient (Wildman–Crippen LogP) is 2.83. The zero-order valence-electron chi connectivity index (χ0n) is 11.3. The number of hydrogen-bond acceptors (Lipinski definition) is 5. The van der Waals surface area contributed by atoms with Crippen LogP contribution in [0.4, 0.5) is 0 Å². The highest BCUT2D eigenvalue weighted by atomic mass is 32.2. The van der Waals surface area contributed by atoms with Gasteiger partial charge in [-0.15, -0.1) is 11.3 Å². The molecule has 21 heavy (non-hydrogen) atoms. The predicted molar refractivity (Wildman–Crippen MR) is 86.4 cm³/mol. The third-order valence-corrected chi connectivity index (χ3v) is 4.94. The molecule has 4 N–H and O–H groups in total. The first kappa shape index (κ1) is 14.1. The summed E-state index contributed by atoms with van der Waals surface area (Å²) in [5.41, 5.74) is 6.31. The molecule has 1 aromatic carbocycles. The van der Waals surface area contributed by atoms with Gasteiger partial charge in [-0.1, -0.05) is 17.8 Å². The number of thiophene rings is 1. The van der Waals surface area contributed by atoms with E-state index >= 15 is 0 Å². The second kappa shape index (κ2) is 5.88. The van der Waals surface area contributed by atoms with E-state index < -0.39 is 0 Å². The van der Waals surface area contributed by atoms with Gasteiger partial charge in [-0.3, -0.25) is 10.2 Å². The van der Waals surface area contributed by atoms with Crippen molar-refractivity contribution < 1.29 is 4.79 Å². The number of aryl methyl sites for hydroxylation is 1. The van der Waals surface area contributed by atoms with Gasteiger partial charge in [0, 0.05) is 5.75 Å². The van der Waals surface area contributed by atoms with Crippen molar-refractivity contribution in [1.29, 1.82) is 0 Å². The van der Waals surface area contributed by atoms with E-state index in [0.29, 0.717) is 10.6 Å². The van der Waals surface area contributed by atoms with Crippen molar-refractivity contribution in [2.75, 3.05) is 0 Å². The number of carbonyl (C=O) groups excluding carboxylic acids is 1. The number of thioether (sulfide) groups is 1. The number of imidazole rings is 1. The molecule has 7 heteroatoms. The monoisotopic (exact) mass is 318 g/mol. The normalized spacial score (nSPS) is 11.0. The van der Waals surface area contributed by atoms with E-state index in [2.05, 4.69) is 28.4 Å². The summed E-state index contributed by atoms with van der Waals surface area (Å²) in [7, 11) is 0. The van der Waals surface area contributed by atoms with Gasteiger partial charge >= 0.3 is 0 Å². The summed E-state index contributed by atoms with van der Waals surface area (Å²) in [6, 6.07) is 8.06. The fourth-order valence-corrected chi connectivity index (χ4v) is 3.82. The van der Waals surface area contributed by atoms with Gasteiger partial charge in [-0.25, -0.2) is 10.8 Å². The number of nitrogen functional groups attached to an aromatic ring is 1. The topological polar surface area (TPSA) is 83.8 Å². The molecule has 0 aliphatic rings. The first-order valence-corrected chi connectivity index (χ1v) is 8.20.